The Morgan fingerprint density at radius 2 is 2.20 bits per heavy atom. The van der Waals surface area contributed by atoms with Gasteiger partial charge in [-0.25, -0.2) is 0 Å². The molecule has 0 unspecified atom stereocenters. The molecule has 1 aromatic heterocycles. The van der Waals surface area contributed by atoms with Crippen LogP contribution in [0.15, 0.2) is 18.2 Å². The van der Waals surface area contributed by atoms with Gasteiger partial charge in [-0.2, -0.15) is 0 Å². The second-order valence-corrected chi connectivity index (χ2v) is 3.51. The minimum Gasteiger partial charge on any atom is -0.399 e. The lowest BCUT2D eigenvalue weighted by atomic mass is 10.1. The molecule has 1 heterocycles. The van der Waals surface area contributed by atoms with E-state index in [1.54, 1.807) is 7.05 Å². The van der Waals surface area contributed by atoms with Gasteiger partial charge < -0.3 is 16.0 Å². The third-order valence-corrected chi connectivity index (χ3v) is 2.46. The second kappa shape index (κ2) is 3.31. The van der Waals surface area contributed by atoms with Gasteiger partial charge in [-0.05, 0) is 25.1 Å². The number of aryl methyl sites for hydroxylation is 1. The van der Waals surface area contributed by atoms with Crippen molar-refractivity contribution in [2.75, 3.05) is 12.8 Å². The van der Waals surface area contributed by atoms with E-state index in [2.05, 4.69) is 10.3 Å². The van der Waals surface area contributed by atoms with Crippen molar-refractivity contribution in [3.8, 4) is 0 Å². The monoisotopic (exact) mass is 203 g/mol. The Hall–Kier alpha value is -1.97. The Kier molecular flexibility index (Phi) is 2.11. The van der Waals surface area contributed by atoms with Crippen LogP contribution in [-0.2, 0) is 0 Å². The van der Waals surface area contributed by atoms with E-state index in [-0.39, 0.29) is 5.91 Å². The van der Waals surface area contributed by atoms with Crippen LogP contribution in [0.3, 0.4) is 0 Å². The number of nitrogen functional groups attached to an aromatic ring is 1. The third kappa shape index (κ3) is 1.44. The Morgan fingerprint density at radius 3 is 2.87 bits per heavy atom. The topological polar surface area (TPSA) is 70.9 Å². The van der Waals surface area contributed by atoms with Gasteiger partial charge in [0.25, 0.3) is 5.91 Å². The molecule has 0 spiro atoms. The number of nitrogens with two attached hydrogens (primary N) is 1. The molecule has 2 aromatic rings. The summed E-state index contributed by atoms with van der Waals surface area (Å²) in [4.78, 5) is 14.8. The first-order chi connectivity index (χ1) is 7.13. The number of nitrogens with one attached hydrogen (secondary N) is 2. The average Bonchev–Trinajstić information content (AvgIpc) is 2.52. The summed E-state index contributed by atoms with van der Waals surface area (Å²) in [5, 5.41) is 3.49. The van der Waals surface area contributed by atoms with Crippen molar-refractivity contribution >= 4 is 22.5 Å². The highest BCUT2D eigenvalue weighted by Crippen LogP contribution is 2.23. The lowest BCUT2D eigenvalue weighted by molar-refractivity contribution is 0.0964. The van der Waals surface area contributed by atoms with Crippen LogP contribution in [0.5, 0.6) is 0 Å². The number of benzene rings is 1. The van der Waals surface area contributed by atoms with Gasteiger partial charge in [-0.3, -0.25) is 4.79 Å². The molecule has 15 heavy (non-hydrogen) atoms. The maximum absolute atomic E-state index is 11.6. The van der Waals surface area contributed by atoms with Gasteiger partial charge in [0, 0.05) is 29.3 Å². The van der Waals surface area contributed by atoms with Crippen LogP contribution in [0, 0.1) is 6.92 Å². The summed E-state index contributed by atoms with van der Waals surface area (Å²) < 4.78 is 0. The Bertz CT molecular complexity index is 528. The molecule has 2 rings (SSSR count). The molecule has 0 aliphatic heterocycles. The Labute approximate surface area is 87.5 Å². The van der Waals surface area contributed by atoms with Crippen LogP contribution in [0.1, 0.15) is 16.1 Å². The standard InChI is InChI=1S/C11H13N3O/c1-6-10(11(15)13-2)8-5-7(12)3-4-9(8)14-6/h3-5,14H,12H2,1-2H3,(H,13,15). The minimum absolute atomic E-state index is 0.0932. The largest absolute Gasteiger partial charge is 0.399 e. The van der Waals surface area contributed by atoms with Crippen LogP contribution >= 0.6 is 0 Å². The molecule has 0 saturated carbocycles. The van der Waals surface area contributed by atoms with Crippen LogP contribution in [0.2, 0.25) is 0 Å². The summed E-state index contributed by atoms with van der Waals surface area (Å²) >= 11 is 0. The van der Waals surface area contributed by atoms with E-state index in [1.807, 2.05) is 25.1 Å². The van der Waals surface area contributed by atoms with E-state index < -0.39 is 0 Å². The first kappa shape index (κ1) is 9.58. The normalized spacial score (nSPS) is 10.5. The van der Waals surface area contributed by atoms with Crippen molar-refractivity contribution in [3.63, 3.8) is 0 Å². The summed E-state index contributed by atoms with van der Waals surface area (Å²) in [5.74, 6) is -0.0932. The summed E-state index contributed by atoms with van der Waals surface area (Å²) in [7, 11) is 1.62. The molecule has 4 heteroatoms. The predicted octanol–water partition coefficient (Wildman–Crippen LogP) is 1.42. The molecule has 78 valence electrons. The van der Waals surface area contributed by atoms with E-state index in [1.165, 1.54) is 0 Å². The SMILES string of the molecule is CNC(=O)c1c(C)[nH]c2ccc(N)cc12. The van der Waals surface area contributed by atoms with Gasteiger partial charge in [0.15, 0.2) is 0 Å². The Morgan fingerprint density at radius 1 is 1.47 bits per heavy atom. The van der Waals surface area contributed by atoms with Gasteiger partial charge in [0.05, 0.1) is 5.56 Å². The van der Waals surface area contributed by atoms with Crippen LogP contribution in [-0.4, -0.2) is 17.9 Å². The third-order valence-electron chi connectivity index (χ3n) is 2.46. The molecule has 0 bridgehead atoms. The predicted molar refractivity (Wildman–Crippen MR) is 60.8 cm³/mol. The van der Waals surface area contributed by atoms with E-state index in [0.717, 1.165) is 16.6 Å². The highest BCUT2D eigenvalue weighted by Gasteiger charge is 2.14. The zero-order valence-electron chi connectivity index (χ0n) is 8.72. The number of hydrogen-bond acceptors (Lipinski definition) is 2. The number of fused-ring (bicyclic) bond motifs is 1. The van der Waals surface area contributed by atoms with Crippen molar-refractivity contribution in [3.05, 3.63) is 29.5 Å². The summed E-state index contributed by atoms with van der Waals surface area (Å²) in [6, 6.07) is 5.50. The summed E-state index contributed by atoms with van der Waals surface area (Å²) in [6.07, 6.45) is 0. The van der Waals surface area contributed by atoms with Crippen molar-refractivity contribution < 1.29 is 4.79 Å². The van der Waals surface area contributed by atoms with Crippen molar-refractivity contribution in [1.29, 1.82) is 0 Å². The van der Waals surface area contributed by atoms with E-state index >= 15 is 0 Å². The lowest BCUT2D eigenvalue weighted by Gasteiger charge is -1.99. The number of anilines is 1. The second-order valence-electron chi connectivity index (χ2n) is 3.51. The maximum Gasteiger partial charge on any atom is 0.253 e. The number of carbonyl (C=O) groups is 1. The maximum atomic E-state index is 11.6. The van der Waals surface area contributed by atoms with E-state index in [0.29, 0.717) is 11.3 Å². The highest BCUT2D eigenvalue weighted by molar-refractivity contribution is 6.08. The molecule has 0 aliphatic carbocycles. The number of carbonyl (C=O) groups excluding carboxylic acids is 1. The lowest BCUT2D eigenvalue weighted by Crippen LogP contribution is -2.18. The van der Waals surface area contributed by atoms with Gasteiger partial charge in [0.1, 0.15) is 0 Å². The summed E-state index contributed by atoms with van der Waals surface area (Å²) in [6.45, 7) is 1.88. The number of amides is 1. The van der Waals surface area contributed by atoms with Gasteiger partial charge in [0.2, 0.25) is 0 Å². The summed E-state index contributed by atoms with van der Waals surface area (Å²) in [5.41, 5.74) is 8.81. The van der Waals surface area contributed by atoms with Crippen molar-refractivity contribution in [1.82, 2.24) is 10.3 Å². The number of H-pyrrole nitrogens is 1. The molecule has 4 nitrogen and oxygen atoms in total. The molecular weight excluding hydrogens is 190 g/mol. The minimum atomic E-state index is -0.0932. The average molecular weight is 203 g/mol. The first-order valence-electron chi connectivity index (χ1n) is 4.73. The number of hydrogen-bond donors (Lipinski definition) is 3. The molecule has 0 radical (unpaired) electrons. The van der Waals surface area contributed by atoms with Crippen LogP contribution in [0.4, 0.5) is 5.69 Å². The van der Waals surface area contributed by atoms with Crippen LogP contribution in [0.25, 0.3) is 10.9 Å². The highest BCUT2D eigenvalue weighted by atomic mass is 16.1. The van der Waals surface area contributed by atoms with E-state index in [4.69, 9.17) is 5.73 Å². The zero-order valence-corrected chi connectivity index (χ0v) is 8.72. The van der Waals surface area contributed by atoms with E-state index in [9.17, 15) is 4.79 Å². The number of aromatic amines is 1. The molecule has 0 aliphatic rings. The van der Waals surface area contributed by atoms with Gasteiger partial charge in [-0.15, -0.1) is 0 Å². The molecule has 0 saturated heterocycles. The fraction of sp³-hybridized carbons (Fsp3) is 0.182. The molecule has 0 atom stereocenters. The fourth-order valence-corrected chi connectivity index (χ4v) is 1.76. The molecular formula is C11H13N3O. The van der Waals surface area contributed by atoms with Gasteiger partial charge >= 0.3 is 0 Å². The fourth-order valence-electron chi connectivity index (χ4n) is 1.76. The van der Waals surface area contributed by atoms with Crippen LogP contribution < -0.4 is 11.1 Å². The van der Waals surface area contributed by atoms with Crippen molar-refractivity contribution in [2.45, 2.75) is 6.92 Å². The van der Waals surface area contributed by atoms with Gasteiger partial charge in [-0.1, -0.05) is 0 Å². The number of aromatic nitrogens is 1. The molecule has 1 aromatic carbocycles. The molecule has 0 fully saturated rings. The van der Waals surface area contributed by atoms with Crippen molar-refractivity contribution in [2.24, 2.45) is 0 Å². The number of rotatable bonds is 1. The smallest absolute Gasteiger partial charge is 0.253 e. The molecule has 1 amide bonds. The quantitative estimate of drug-likeness (QED) is 0.613. The molecule has 4 N–H and O–H groups in total. The zero-order chi connectivity index (χ0) is 11.0. The Balaban J connectivity index is 2.76. The first-order valence-corrected chi connectivity index (χ1v) is 4.73.